The van der Waals surface area contributed by atoms with Crippen molar-refractivity contribution in [2.75, 3.05) is 6.61 Å². The Morgan fingerprint density at radius 3 is 2.65 bits per heavy atom. The molecule has 3 heterocycles. The molecular weight excluding hydrogens is 338 g/mol. The summed E-state index contributed by atoms with van der Waals surface area (Å²) in [5.41, 5.74) is 1.28. The van der Waals surface area contributed by atoms with Crippen molar-refractivity contribution in [2.24, 2.45) is 0 Å². The maximum Gasteiger partial charge on any atom is 0.326 e. The van der Waals surface area contributed by atoms with Crippen LogP contribution in [0.1, 0.15) is 23.7 Å². The third-order valence-electron chi connectivity index (χ3n) is 4.73. The Labute approximate surface area is 147 Å². The summed E-state index contributed by atoms with van der Waals surface area (Å²) in [4.78, 5) is 29.1. The van der Waals surface area contributed by atoms with Gasteiger partial charge in [-0.1, -0.05) is 30.3 Å². The Bertz CT molecular complexity index is 1040. The van der Waals surface area contributed by atoms with Gasteiger partial charge < -0.3 is 24.5 Å². The van der Waals surface area contributed by atoms with E-state index in [1.807, 2.05) is 30.3 Å². The minimum Gasteiger partial charge on any atom is -0.394 e. The highest BCUT2D eigenvalue weighted by Crippen LogP contribution is 2.36. The number of nitrogens with zero attached hydrogens (tertiary/aromatic N) is 1. The molecule has 3 atom stereocenters. The van der Waals surface area contributed by atoms with E-state index in [-0.39, 0.29) is 13.0 Å². The maximum atomic E-state index is 12.4. The number of rotatable bonds is 4. The van der Waals surface area contributed by atoms with Gasteiger partial charge in [0.25, 0.3) is 5.56 Å². The number of nitrogens with one attached hydrogen (secondary N) is 2. The Kier molecular flexibility index (Phi) is 4.23. The lowest BCUT2D eigenvalue weighted by molar-refractivity contribution is -0.0222. The van der Waals surface area contributed by atoms with Crippen LogP contribution >= 0.6 is 0 Å². The van der Waals surface area contributed by atoms with Crippen LogP contribution in [0.2, 0.25) is 0 Å². The molecule has 3 aromatic rings. The van der Waals surface area contributed by atoms with Crippen molar-refractivity contribution in [3.8, 4) is 0 Å². The fourth-order valence-corrected chi connectivity index (χ4v) is 3.50. The summed E-state index contributed by atoms with van der Waals surface area (Å²) >= 11 is 0. The fraction of sp³-hybridized carbons (Fsp3) is 0.333. The molecule has 0 bridgehead atoms. The predicted octanol–water partition coefficient (Wildman–Crippen LogP) is 0.249. The number of aliphatic hydroxyl groups excluding tert-OH is 2. The molecule has 0 radical (unpaired) electrons. The molecule has 8 heteroatoms. The molecule has 26 heavy (non-hydrogen) atoms. The van der Waals surface area contributed by atoms with Gasteiger partial charge in [-0.2, -0.15) is 0 Å². The molecule has 4 rings (SSSR count). The molecule has 0 spiro atoms. The molecule has 1 saturated heterocycles. The minimum absolute atomic E-state index is 0.282. The van der Waals surface area contributed by atoms with Gasteiger partial charge in [0.15, 0.2) is 0 Å². The van der Waals surface area contributed by atoms with Gasteiger partial charge in [0.2, 0.25) is 0 Å². The standard InChI is InChI=1S/C18H19N3O5/c22-9-14-12(23)6-13(26-14)11-8-21(7-10-4-2-1-3-5-10)16-15(11)19-18(25)20-17(16)24/h1-5,8,12-14,22-23H,6-7,9H2,(H2,19,20,24,25)/t12-,13+,14+/m0/s1. The molecule has 8 nitrogen and oxygen atoms in total. The van der Waals surface area contributed by atoms with Crippen molar-refractivity contribution in [1.29, 1.82) is 0 Å². The third kappa shape index (κ3) is 2.88. The molecular formula is C18H19N3O5. The van der Waals surface area contributed by atoms with Gasteiger partial charge in [-0.3, -0.25) is 9.78 Å². The van der Waals surface area contributed by atoms with Gasteiger partial charge in [0, 0.05) is 24.7 Å². The van der Waals surface area contributed by atoms with Crippen molar-refractivity contribution >= 4 is 11.0 Å². The summed E-state index contributed by atoms with van der Waals surface area (Å²) in [5.74, 6) is 0. The zero-order valence-electron chi connectivity index (χ0n) is 13.9. The molecule has 0 unspecified atom stereocenters. The van der Waals surface area contributed by atoms with E-state index in [1.54, 1.807) is 10.8 Å². The van der Waals surface area contributed by atoms with Gasteiger partial charge in [-0.15, -0.1) is 0 Å². The number of H-pyrrole nitrogens is 2. The smallest absolute Gasteiger partial charge is 0.326 e. The van der Waals surface area contributed by atoms with E-state index < -0.39 is 29.6 Å². The Morgan fingerprint density at radius 2 is 1.96 bits per heavy atom. The van der Waals surface area contributed by atoms with Crippen LogP contribution in [0.3, 0.4) is 0 Å². The number of ether oxygens (including phenoxy) is 1. The summed E-state index contributed by atoms with van der Waals surface area (Å²) in [6.45, 7) is 0.155. The molecule has 2 aromatic heterocycles. The largest absolute Gasteiger partial charge is 0.394 e. The fourth-order valence-electron chi connectivity index (χ4n) is 3.50. The van der Waals surface area contributed by atoms with Crippen LogP contribution in [0, 0.1) is 0 Å². The second kappa shape index (κ2) is 6.56. The zero-order chi connectivity index (χ0) is 18.3. The van der Waals surface area contributed by atoms with Gasteiger partial charge in [-0.25, -0.2) is 4.79 Å². The van der Waals surface area contributed by atoms with E-state index in [0.29, 0.717) is 23.1 Å². The second-order valence-electron chi connectivity index (χ2n) is 6.48. The minimum atomic E-state index is -0.800. The van der Waals surface area contributed by atoms with Crippen molar-refractivity contribution in [3.05, 3.63) is 68.5 Å². The number of aromatic amines is 2. The lowest BCUT2D eigenvalue weighted by Gasteiger charge is -2.11. The van der Waals surface area contributed by atoms with E-state index in [9.17, 15) is 19.8 Å². The molecule has 1 aromatic carbocycles. The molecule has 0 saturated carbocycles. The van der Waals surface area contributed by atoms with Crippen molar-refractivity contribution < 1.29 is 14.9 Å². The van der Waals surface area contributed by atoms with Crippen LogP contribution < -0.4 is 11.2 Å². The summed E-state index contributed by atoms with van der Waals surface area (Å²) < 4.78 is 7.47. The number of aromatic nitrogens is 3. The lowest BCUT2D eigenvalue weighted by Crippen LogP contribution is -2.24. The highest BCUT2D eigenvalue weighted by molar-refractivity contribution is 5.79. The number of aliphatic hydroxyl groups is 2. The second-order valence-corrected chi connectivity index (χ2v) is 6.48. The van der Waals surface area contributed by atoms with Gasteiger partial charge in [-0.05, 0) is 5.56 Å². The molecule has 0 amide bonds. The van der Waals surface area contributed by atoms with Crippen molar-refractivity contribution in [3.63, 3.8) is 0 Å². The number of benzene rings is 1. The van der Waals surface area contributed by atoms with E-state index in [0.717, 1.165) is 5.56 Å². The third-order valence-corrected chi connectivity index (χ3v) is 4.73. The van der Waals surface area contributed by atoms with Crippen molar-refractivity contribution in [2.45, 2.75) is 31.3 Å². The van der Waals surface area contributed by atoms with Crippen LogP contribution in [0.4, 0.5) is 0 Å². The van der Waals surface area contributed by atoms with Crippen molar-refractivity contribution in [1.82, 2.24) is 14.5 Å². The average Bonchev–Trinajstić information content (AvgIpc) is 3.16. The summed E-state index contributed by atoms with van der Waals surface area (Å²) in [6, 6.07) is 9.63. The summed E-state index contributed by atoms with van der Waals surface area (Å²) in [5, 5.41) is 19.3. The molecule has 4 N–H and O–H groups in total. The van der Waals surface area contributed by atoms with Crippen LogP contribution in [0.5, 0.6) is 0 Å². The molecule has 1 aliphatic heterocycles. The van der Waals surface area contributed by atoms with Gasteiger partial charge >= 0.3 is 5.69 Å². The molecule has 1 fully saturated rings. The highest BCUT2D eigenvalue weighted by Gasteiger charge is 2.36. The van der Waals surface area contributed by atoms with E-state index in [4.69, 9.17) is 4.74 Å². The first kappa shape index (κ1) is 16.8. The first-order valence-corrected chi connectivity index (χ1v) is 8.40. The van der Waals surface area contributed by atoms with Gasteiger partial charge in [0.05, 0.1) is 24.3 Å². The Balaban J connectivity index is 1.83. The van der Waals surface area contributed by atoms with E-state index >= 15 is 0 Å². The molecule has 0 aliphatic carbocycles. The van der Waals surface area contributed by atoms with E-state index in [1.165, 1.54) is 0 Å². The number of hydrogen-bond acceptors (Lipinski definition) is 5. The topological polar surface area (TPSA) is 120 Å². The first-order chi connectivity index (χ1) is 12.6. The van der Waals surface area contributed by atoms with E-state index in [2.05, 4.69) is 9.97 Å². The number of fused-ring (bicyclic) bond motifs is 1. The van der Waals surface area contributed by atoms with Crippen LogP contribution in [0.25, 0.3) is 11.0 Å². The Morgan fingerprint density at radius 1 is 1.19 bits per heavy atom. The first-order valence-electron chi connectivity index (χ1n) is 8.40. The lowest BCUT2D eigenvalue weighted by atomic mass is 10.1. The summed E-state index contributed by atoms with van der Waals surface area (Å²) in [6.07, 6.45) is 0.0522. The molecule has 136 valence electrons. The zero-order valence-corrected chi connectivity index (χ0v) is 13.9. The summed E-state index contributed by atoms with van der Waals surface area (Å²) in [7, 11) is 0. The van der Waals surface area contributed by atoms with Crippen LogP contribution in [0.15, 0.2) is 46.1 Å². The van der Waals surface area contributed by atoms with Gasteiger partial charge in [0.1, 0.15) is 11.6 Å². The molecule has 1 aliphatic rings. The normalized spacial score (nSPS) is 22.9. The SMILES string of the molecule is O=c1[nH]c(=O)c2c([nH]1)c([C@H]1C[C@H](O)[C@@H](CO)O1)cn2Cc1ccccc1. The quantitative estimate of drug-likeness (QED) is 0.533. The average molecular weight is 357 g/mol. The van der Waals surface area contributed by atoms with Crippen LogP contribution in [-0.4, -0.2) is 43.6 Å². The maximum absolute atomic E-state index is 12.4. The number of hydrogen-bond donors (Lipinski definition) is 4. The predicted molar refractivity (Wildman–Crippen MR) is 94.0 cm³/mol. The van der Waals surface area contributed by atoms with Crippen LogP contribution in [-0.2, 0) is 11.3 Å². The highest BCUT2D eigenvalue weighted by atomic mass is 16.5. The monoisotopic (exact) mass is 357 g/mol. The Hall–Kier alpha value is -2.68.